The molecule has 0 aromatic rings. The summed E-state index contributed by atoms with van der Waals surface area (Å²) in [5, 5.41) is 8.91. The molecule has 1 fully saturated rings. The lowest BCUT2D eigenvalue weighted by molar-refractivity contribution is -0.141. The zero-order chi connectivity index (χ0) is 13.0. The third-order valence-electron chi connectivity index (χ3n) is 3.99. The van der Waals surface area contributed by atoms with E-state index in [1.165, 1.54) is 0 Å². The molecule has 0 bridgehead atoms. The van der Waals surface area contributed by atoms with Crippen molar-refractivity contribution in [3.63, 3.8) is 0 Å². The number of rotatable bonds is 5. The molecule has 1 aliphatic heterocycles. The summed E-state index contributed by atoms with van der Waals surface area (Å²) in [6.07, 6.45) is 2.59. The van der Waals surface area contributed by atoms with Crippen LogP contribution in [-0.4, -0.2) is 35.0 Å². The molecule has 4 heteroatoms. The van der Waals surface area contributed by atoms with E-state index in [1.54, 1.807) is 4.90 Å². The van der Waals surface area contributed by atoms with E-state index < -0.39 is 5.97 Å². The molecule has 17 heavy (non-hydrogen) atoms. The summed E-state index contributed by atoms with van der Waals surface area (Å²) in [6.45, 7) is 7.15. The van der Waals surface area contributed by atoms with Gasteiger partial charge in [-0.15, -0.1) is 0 Å². The van der Waals surface area contributed by atoms with E-state index in [1.807, 2.05) is 6.92 Å². The number of likely N-dealkylation sites (tertiary alicyclic amines) is 1. The van der Waals surface area contributed by atoms with E-state index in [2.05, 4.69) is 13.8 Å². The number of carbonyl (C=O) groups is 2. The van der Waals surface area contributed by atoms with Crippen LogP contribution in [0.3, 0.4) is 0 Å². The minimum absolute atomic E-state index is 0.0116. The first-order valence-corrected chi connectivity index (χ1v) is 6.52. The average molecular weight is 241 g/mol. The van der Waals surface area contributed by atoms with Crippen molar-refractivity contribution in [2.24, 2.45) is 17.8 Å². The van der Waals surface area contributed by atoms with Gasteiger partial charge in [0.05, 0.1) is 5.92 Å². The summed E-state index contributed by atoms with van der Waals surface area (Å²) in [7, 11) is 0. The summed E-state index contributed by atoms with van der Waals surface area (Å²) in [6, 6.07) is 0. The Hall–Kier alpha value is -1.06. The first kappa shape index (κ1) is 14.0. The van der Waals surface area contributed by atoms with Crippen molar-refractivity contribution in [3.8, 4) is 0 Å². The molecule has 0 aliphatic carbocycles. The highest BCUT2D eigenvalue weighted by molar-refractivity contribution is 5.80. The largest absolute Gasteiger partial charge is 0.481 e. The normalized spacial score (nSPS) is 21.9. The SMILES string of the molecule is CCC(CC)C(C)C(=O)N1CCC(C(=O)O)C1. The number of carboxylic acids is 1. The number of nitrogens with zero attached hydrogens (tertiary/aromatic N) is 1. The molecule has 2 atom stereocenters. The molecule has 1 heterocycles. The number of hydrogen-bond acceptors (Lipinski definition) is 2. The molecular formula is C13H23NO3. The monoisotopic (exact) mass is 241 g/mol. The van der Waals surface area contributed by atoms with Gasteiger partial charge in [0.2, 0.25) is 5.91 Å². The summed E-state index contributed by atoms with van der Waals surface area (Å²) < 4.78 is 0. The van der Waals surface area contributed by atoms with Crippen molar-refractivity contribution >= 4 is 11.9 Å². The van der Waals surface area contributed by atoms with Gasteiger partial charge in [-0.1, -0.05) is 33.6 Å². The van der Waals surface area contributed by atoms with Crippen molar-refractivity contribution in [3.05, 3.63) is 0 Å². The Labute approximate surface area is 103 Å². The van der Waals surface area contributed by atoms with Crippen LogP contribution in [0.25, 0.3) is 0 Å². The topological polar surface area (TPSA) is 57.6 Å². The first-order chi connectivity index (χ1) is 8.01. The maximum Gasteiger partial charge on any atom is 0.308 e. The Balaban J connectivity index is 2.57. The van der Waals surface area contributed by atoms with Crippen LogP contribution >= 0.6 is 0 Å². The number of carboxylic acid groups (broad SMARTS) is 1. The highest BCUT2D eigenvalue weighted by atomic mass is 16.4. The fourth-order valence-corrected chi connectivity index (χ4v) is 2.65. The van der Waals surface area contributed by atoms with Crippen LogP contribution in [0.5, 0.6) is 0 Å². The molecular weight excluding hydrogens is 218 g/mol. The number of aliphatic carboxylic acids is 1. The van der Waals surface area contributed by atoms with Crippen LogP contribution in [-0.2, 0) is 9.59 Å². The van der Waals surface area contributed by atoms with Gasteiger partial charge in [-0.2, -0.15) is 0 Å². The van der Waals surface area contributed by atoms with E-state index in [0.29, 0.717) is 25.4 Å². The fraction of sp³-hybridized carbons (Fsp3) is 0.846. The van der Waals surface area contributed by atoms with E-state index in [4.69, 9.17) is 5.11 Å². The quantitative estimate of drug-likeness (QED) is 0.800. The van der Waals surface area contributed by atoms with Crippen LogP contribution in [0.1, 0.15) is 40.0 Å². The van der Waals surface area contributed by atoms with Crippen LogP contribution < -0.4 is 0 Å². The van der Waals surface area contributed by atoms with E-state index >= 15 is 0 Å². The number of hydrogen-bond donors (Lipinski definition) is 1. The van der Waals surface area contributed by atoms with Gasteiger partial charge in [0, 0.05) is 19.0 Å². The predicted molar refractivity (Wildman–Crippen MR) is 65.6 cm³/mol. The van der Waals surface area contributed by atoms with Crippen molar-refractivity contribution < 1.29 is 14.7 Å². The Kier molecular flexibility index (Phi) is 4.97. The highest BCUT2D eigenvalue weighted by Crippen LogP contribution is 2.25. The van der Waals surface area contributed by atoms with Gasteiger partial charge in [-0.25, -0.2) is 0 Å². The Morgan fingerprint density at radius 3 is 2.35 bits per heavy atom. The van der Waals surface area contributed by atoms with Gasteiger partial charge in [0.25, 0.3) is 0 Å². The summed E-state index contributed by atoms with van der Waals surface area (Å²) in [5.74, 6) is -0.602. The van der Waals surface area contributed by atoms with E-state index in [-0.39, 0.29) is 17.7 Å². The van der Waals surface area contributed by atoms with Crippen LogP contribution in [0, 0.1) is 17.8 Å². The molecule has 4 nitrogen and oxygen atoms in total. The molecule has 98 valence electrons. The van der Waals surface area contributed by atoms with E-state index in [9.17, 15) is 9.59 Å². The van der Waals surface area contributed by atoms with Crippen LogP contribution in [0.2, 0.25) is 0 Å². The van der Waals surface area contributed by atoms with Gasteiger partial charge in [0.15, 0.2) is 0 Å². The molecule has 0 radical (unpaired) electrons. The summed E-state index contributed by atoms with van der Waals surface area (Å²) in [4.78, 5) is 24.8. The smallest absolute Gasteiger partial charge is 0.308 e. The zero-order valence-electron chi connectivity index (χ0n) is 11.0. The standard InChI is InChI=1S/C13H23NO3/c1-4-10(5-2)9(3)12(15)14-7-6-11(8-14)13(16)17/h9-11H,4-8H2,1-3H3,(H,16,17). The molecule has 0 saturated carbocycles. The molecule has 1 N–H and O–H groups in total. The Morgan fingerprint density at radius 2 is 1.94 bits per heavy atom. The highest BCUT2D eigenvalue weighted by Gasteiger charge is 2.34. The maximum absolute atomic E-state index is 12.2. The lowest BCUT2D eigenvalue weighted by Gasteiger charge is -2.25. The second-order valence-electron chi connectivity index (χ2n) is 4.97. The fourth-order valence-electron chi connectivity index (χ4n) is 2.65. The summed E-state index contributed by atoms with van der Waals surface area (Å²) in [5.41, 5.74) is 0. The van der Waals surface area contributed by atoms with Gasteiger partial charge in [0.1, 0.15) is 0 Å². The van der Waals surface area contributed by atoms with Crippen molar-refractivity contribution in [1.29, 1.82) is 0 Å². The summed E-state index contributed by atoms with van der Waals surface area (Å²) >= 11 is 0. The third-order valence-corrected chi connectivity index (χ3v) is 3.99. The molecule has 0 spiro atoms. The lowest BCUT2D eigenvalue weighted by atomic mass is 9.88. The molecule has 1 saturated heterocycles. The van der Waals surface area contributed by atoms with Crippen LogP contribution in [0.15, 0.2) is 0 Å². The molecule has 1 amide bonds. The molecule has 1 rings (SSSR count). The van der Waals surface area contributed by atoms with Gasteiger partial charge >= 0.3 is 5.97 Å². The van der Waals surface area contributed by atoms with Gasteiger partial charge in [-0.05, 0) is 12.3 Å². The molecule has 0 aromatic carbocycles. The number of carbonyl (C=O) groups excluding carboxylic acids is 1. The minimum atomic E-state index is -0.782. The Morgan fingerprint density at radius 1 is 1.35 bits per heavy atom. The number of amides is 1. The van der Waals surface area contributed by atoms with Crippen LogP contribution in [0.4, 0.5) is 0 Å². The average Bonchev–Trinajstić information content (AvgIpc) is 2.78. The van der Waals surface area contributed by atoms with Crippen molar-refractivity contribution in [2.75, 3.05) is 13.1 Å². The second kappa shape index (κ2) is 6.03. The minimum Gasteiger partial charge on any atom is -0.481 e. The predicted octanol–water partition coefficient (Wildman–Crippen LogP) is 1.99. The van der Waals surface area contributed by atoms with Crippen molar-refractivity contribution in [2.45, 2.75) is 40.0 Å². The molecule has 0 aromatic heterocycles. The molecule has 1 aliphatic rings. The Bertz CT molecular complexity index is 286. The van der Waals surface area contributed by atoms with E-state index in [0.717, 1.165) is 12.8 Å². The zero-order valence-corrected chi connectivity index (χ0v) is 11.0. The van der Waals surface area contributed by atoms with Crippen molar-refractivity contribution in [1.82, 2.24) is 4.90 Å². The maximum atomic E-state index is 12.2. The van der Waals surface area contributed by atoms with Gasteiger partial charge in [-0.3, -0.25) is 9.59 Å². The third kappa shape index (κ3) is 3.20. The second-order valence-corrected chi connectivity index (χ2v) is 4.97. The van der Waals surface area contributed by atoms with Gasteiger partial charge < -0.3 is 10.0 Å². The lowest BCUT2D eigenvalue weighted by Crippen LogP contribution is -2.36. The molecule has 2 unspecified atom stereocenters. The first-order valence-electron chi connectivity index (χ1n) is 6.52.